The molecule has 0 radical (unpaired) electrons. The Morgan fingerprint density at radius 3 is 0.966 bits per heavy atom. The quantitative estimate of drug-likeness (QED) is 0.262. The Bertz CT molecular complexity index is 843. The zero-order valence-corrected chi connectivity index (χ0v) is 16.3. The normalized spacial score (nSPS) is 11.9. The lowest BCUT2D eigenvalue weighted by Gasteiger charge is -2.23. The van der Waals surface area contributed by atoms with Crippen molar-refractivity contribution in [3.8, 4) is 0 Å². The highest BCUT2D eigenvalue weighted by Gasteiger charge is 2.39. The molecule has 0 amide bonds. The molecule has 2 rings (SSSR count). The molecule has 0 atom stereocenters. The fraction of sp³-hybridized carbons (Fsp3) is 0.294. The maximum Gasteiger partial charge on any atom is 0.225 e. The van der Waals surface area contributed by atoms with Crippen LogP contribution in [0.25, 0.3) is 0 Å². The molecule has 0 saturated carbocycles. The average molecular weight is 446 g/mol. The molecular weight excluding hydrogens is 433 g/mol. The maximum atomic E-state index is 14.3. The third-order valence-electron chi connectivity index (χ3n) is 4.37. The van der Waals surface area contributed by atoms with Crippen LogP contribution in [0.5, 0.6) is 0 Å². The van der Waals surface area contributed by atoms with Crippen molar-refractivity contribution in [1.82, 2.24) is 0 Å². The van der Waals surface area contributed by atoms with E-state index in [1.54, 1.807) is 19.6 Å². The van der Waals surface area contributed by atoms with Gasteiger partial charge in [0.1, 0.15) is 0 Å². The SMILES string of the molecule is C[Si](C)(C)CCB(c1c(F)c(F)c(F)c(F)c1F)c1c(F)c(F)c(F)c(F)c1F. The van der Waals surface area contributed by atoms with Gasteiger partial charge in [-0.05, 0) is 0 Å². The molecule has 0 saturated heterocycles. The van der Waals surface area contributed by atoms with Crippen LogP contribution in [0.4, 0.5) is 43.9 Å². The average Bonchev–Trinajstić information content (AvgIpc) is 2.64. The molecule has 2 aromatic rings. The summed E-state index contributed by atoms with van der Waals surface area (Å²) in [7, 11) is -2.14. The number of hydrogen-bond acceptors (Lipinski definition) is 0. The van der Waals surface area contributed by atoms with Gasteiger partial charge < -0.3 is 0 Å². The summed E-state index contributed by atoms with van der Waals surface area (Å²) in [5.41, 5.74) is -3.30. The van der Waals surface area contributed by atoms with Crippen molar-refractivity contribution in [2.75, 3.05) is 0 Å². The fourth-order valence-corrected chi connectivity index (χ4v) is 4.02. The highest BCUT2D eigenvalue weighted by molar-refractivity contribution is 6.87. The Labute approximate surface area is 160 Å². The van der Waals surface area contributed by atoms with Crippen LogP contribution in [0.3, 0.4) is 0 Å². The van der Waals surface area contributed by atoms with Gasteiger partial charge in [-0.2, -0.15) is 0 Å². The highest BCUT2D eigenvalue weighted by atomic mass is 28.3. The zero-order valence-electron chi connectivity index (χ0n) is 15.3. The van der Waals surface area contributed by atoms with Crippen molar-refractivity contribution in [2.24, 2.45) is 0 Å². The third kappa shape index (κ3) is 4.17. The topological polar surface area (TPSA) is 0 Å². The second kappa shape index (κ2) is 8.04. The molecule has 0 unspecified atom stereocenters. The number of hydrogen-bond donors (Lipinski definition) is 0. The first-order valence-corrected chi connectivity index (χ1v) is 11.9. The lowest BCUT2D eigenvalue weighted by molar-refractivity contribution is 0.382. The van der Waals surface area contributed by atoms with E-state index in [1.165, 1.54) is 0 Å². The van der Waals surface area contributed by atoms with Crippen LogP contribution < -0.4 is 10.9 Å². The minimum Gasteiger partial charge on any atom is -0.204 e. The van der Waals surface area contributed by atoms with Gasteiger partial charge in [-0.25, -0.2) is 43.9 Å². The molecule has 0 heterocycles. The molecule has 0 fully saturated rings. The predicted octanol–water partition coefficient (Wildman–Crippen LogP) is 5.02. The Morgan fingerprint density at radius 2 is 0.724 bits per heavy atom. The molecule has 0 aromatic heterocycles. The van der Waals surface area contributed by atoms with Crippen molar-refractivity contribution in [3.05, 3.63) is 58.2 Å². The first-order chi connectivity index (χ1) is 13.2. The predicted molar refractivity (Wildman–Crippen MR) is 90.4 cm³/mol. The van der Waals surface area contributed by atoms with Crippen LogP contribution in [-0.2, 0) is 0 Å². The van der Waals surface area contributed by atoms with E-state index >= 15 is 0 Å². The molecule has 0 aliphatic carbocycles. The lowest BCUT2D eigenvalue weighted by atomic mass is 9.38. The Hall–Kier alpha value is -1.98. The van der Waals surface area contributed by atoms with Crippen LogP contribution in [0, 0.1) is 58.2 Å². The maximum absolute atomic E-state index is 14.3. The number of halogens is 10. The summed E-state index contributed by atoms with van der Waals surface area (Å²) in [5, 5.41) is 0. The summed E-state index contributed by atoms with van der Waals surface area (Å²) in [5.74, 6) is -24.2. The van der Waals surface area contributed by atoms with E-state index < -0.39 is 90.2 Å². The molecule has 0 N–H and O–H groups in total. The van der Waals surface area contributed by atoms with E-state index in [0.29, 0.717) is 0 Å². The van der Waals surface area contributed by atoms with Crippen molar-refractivity contribution in [1.29, 1.82) is 0 Å². The molecule has 0 aliphatic rings. The van der Waals surface area contributed by atoms with Gasteiger partial charge in [0.05, 0.1) is 0 Å². The van der Waals surface area contributed by atoms with Crippen LogP contribution in [0.2, 0.25) is 32.0 Å². The molecule has 29 heavy (non-hydrogen) atoms. The molecule has 0 spiro atoms. The van der Waals surface area contributed by atoms with Crippen molar-refractivity contribution in [2.45, 2.75) is 32.0 Å². The van der Waals surface area contributed by atoms with Crippen LogP contribution in [0.15, 0.2) is 0 Å². The van der Waals surface area contributed by atoms with Gasteiger partial charge in [-0.1, -0.05) is 32.0 Å². The van der Waals surface area contributed by atoms with Gasteiger partial charge >= 0.3 is 0 Å². The summed E-state index contributed by atoms with van der Waals surface area (Å²) >= 11 is 0. The summed E-state index contributed by atoms with van der Waals surface area (Å²) < 4.78 is 138. The first kappa shape index (κ1) is 23.3. The van der Waals surface area contributed by atoms with Gasteiger partial charge in [0, 0.05) is 19.0 Å². The van der Waals surface area contributed by atoms with Crippen molar-refractivity contribution in [3.63, 3.8) is 0 Å². The summed E-state index contributed by atoms with van der Waals surface area (Å²) in [6.07, 6.45) is -0.605. The summed E-state index contributed by atoms with van der Waals surface area (Å²) in [6.45, 7) is 2.87. The number of rotatable bonds is 5. The van der Waals surface area contributed by atoms with Crippen LogP contribution in [0.1, 0.15) is 0 Å². The van der Waals surface area contributed by atoms with Gasteiger partial charge in [0.25, 0.3) is 0 Å². The standard InChI is InChI=1S/C17H13BF10Si/c1-29(2,3)5-4-18(6-8(19)12(23)16(27)13(24)9(6)20)7-10(21)14(25)17(28)15(26)11(7)22/h4-5H2,1-3H3. The molecule has 0 aliphatic heterocycles. The summed E-state index contributed by atoms with van der Waals surface area (Å²) in [4.78, 5) is 0. The van der Waals surface area contributed by atoms with Crippen LogP contribution in [-0.4, -0.2) is 14.8 Å². The second-order valence-electron chi connectivity index (χ2n) is 7.62. The molecular formula is C17H13BF10Si. The van der Waals surface area contributed by atoms with Crippen molar-refractivity contribution < 1.29 is 43.9 Å². The van der Waals surface area contributed by atoms with E-state index in [-0.39, 0.29) is 6.04 Å². The van der Waals surface area contributed by atoms with Gasteiger partial charge in [-0.15, -0.1) is 0 Å². The van der Waals surface area contributed by atoms with E-state index in [1.807, 2.05) is 0 Å². The monoisotopic (exact) mass is 446 g/mol. The number of benzene rings is 2. The molecule has 158 valence electrons. The smallest absolute Gasteiger partial charge is 0.204 e. The Balaban J connectivity index is 2.89. The van der Waals surface area contributed by atoms with E-state index in [9.17, 15) is 43.9 Å². The van der Waals surface area contributed by atoms with Gasteiger partial charge in [0.15, 0.2) is 58.2 Å². The van der Waals surface area contributed by atoms with E-state index in [0.717, 1.165) is 0 Å². The first-order valence-electron chi connectivity index (χ1n) is 8.23. The largest absolute Gasteiger partial charge is 0.225 e. The molecule has 0 bridgehead atoms. The molecule has 2 aromatic carbocycles. The lowest BCUT2D eigenvalue weighted by Crippen LogP contribution is -2.51. The Kier molecular flexibility index (Phi) is 6.46. The minimum atomic E-state index is -2.51. The van der Waals surface area contributed by atoms with Gasteiger partial charge in [0.2, 0.25) is 6.71 Å². The van der Waals surface area contributed by atoms with Crippen molar-refractivity contribution >= 4 is 25.7 Å². The van der Waals surface area contributed by atoms with Crippen LogP contribution >= 0.6 is 0 Å². The fourth-order valence-electron chi connectivity index (χ4n) is 2.87. The van der Waals surface area contributed by atoms with E-state index in [4.69, 9.17) is 0 Å². The second-order valence-corrected chi connectivity index (χ2v) is 13.2. The Morgan fingerprint density at radius 1 is 0.483 bits per heavy atom. The zero-order chi connectivity index (χ0) is 22.4. The van der Waals surface area contributed by atoms with Gasteiger partial charge in [-0.3, -0.25) is 0 Å². The van der Waals surface area contributed by atoms with E-state index in [2.05, 4.69) is 0 Å². The molecule has 12 heteroatoms. The third-order valence-corrected chi connectivity index (χ3v) is 6.16. The molecule has 0 nitrogen and oxygen atoms in total. The summed E-state index contributed by atoms with van der Waals surface area (Å²) in [6, 6.07) is 0.0245. The highest BCUT2D eigenvalue weighted by Crippen LogP contribution is 2.23. The minimum absolute atomic E-state index is 0.0245.